The van der Waals surface area contributed by atoms with E-state index >= 15 is 4.39 Å². The maximum Gasteiger partial charge on any atom is 0.319 e. The van der Waals surface area contributed by atoms with E-state index in [2.05, 4.69) is 38.8 Å². The summed E-state index contributed by atoms with van der Waals surface area (Å²) in [5.74, 6) is 0.142. The van der Waals surface area contributed by atoms with Crippen LogP contribution in [0.25, 0.3) is 32.9 Å². The zero-order valence-corrected chi connectivity index (χ0v) is 25.0. The number of benzene rings is 2. The number of aromatic hydroxyl groups is 1. The van der Waals surface area contributed by atoms with Gasteiger partial charge in [0.2, 0.25) is 0 Å². The summed E-state index contributed by atoms with van der Waals surface area (Å²) in [4.78, 5) is 20.6. The molecular formula is C33H38F2N6O2. The summed E-state index contributed by atoms with van der Waals surface area (Å²) < 4.78 is 37.3. The van der Waals surface area contributed by atoms with Crippen LogP contribution in [-0.4, -0.2) is 94.5 Å². The van der Waals surface area contributed by atoms with Crippen molar-refractivity contribution in [3.63, 3.8) is 0 Å². The zero-order chi connectivity index (χ0) is 29.9. The van der Waals surface area contributed by atoms with Gasteiger partial charge in [-0.3, -0.25) is 9.88 Å². The van der Waals surface area contributed by atoms with Gasteiger partial charge in [0.05, 0.1) is 10.9 Å². The Balaban J connectivity index is 1.32. The molecule has 1 saturated carbocycles. The van der Waals surface area contributed by atoms with Crippen LogP contribution in [0.5, 0.6) is 11.8 Å². The Kier molecular flexibility index (Phi) is 6.89. The molecule has 2 atom stereocenters. The molecule has 0 spiro atoms. The molecule has 0 bridgehead atoms. The third kappa shape index (κ3) is 4.75. The van der Waals surface area contributed by atoms with Gasteiger partial charge in [-0.25, -0.2) is 8.78 Å². The Labute approximate surface area is 250 Å². The number of anilines is 1. The van der Waals surface area contributed by atoms with Crippen molar-refractivity contribution in [3.8, 4) is 23.0 Å². The molecular weight excluding hydrogens is 550 g/mol. The molecule has 2 saturated heterocycles. The number of nitrogens with zero attached hydrogens (tertiary/aromatic N) is 6. The Morgan fingerprint density at radius 1 is 1.07 bits per heavy atom. The van der Waals surface area contributed by atoms with E-state index in [1.54, 1.807) is 24.4 Å². The first-order chi connectivity index (χ1) is 20.7. The van der Waals surface area contributed by atoms with Crippen molar-refractivity contribution in [1.29, 1.82) is 0 Å². The van der Waals surface area contributed by atoms with E-state index in [1.807, 2.05) is 25.2 Å². The highest BCUT2D eigenvalue weighted by Crippen LogP contribution is 2.42. The normalized spacial score (nSPS) is 23.2. The van der Waals surface area contributed by atoms with Gasteiger partial charge in [0.1, 0.15) is 35.6 Å². The minimum Gasteiger partial charge on any atom is -0.508 e. The van der Waals surface area contributed by atoms with E-state index in [0.29, 0.717) is 36.3 Å². The first-order valence-electron chi connectivity index (χ1n) is 15.2. The third-order valence-corrected chi connectivity index (χ3v) is 10.1. The molecule has 8 nitrogen and oxygen atoms in total. The van der Waals surface area contributed by atoms with E-state index in [1.165, 1.54) is 6.42 Å². The summed E-state index contributed by atoms with van der Waals surface area (Å²) in [6, 6.07) is 10.6. The number of aromatic nitrogens is 3. The number of hydrogen-bond acceptors (Lipinski definition) is 8. The van der Waals surface area contributed by atoms with Crippen LogP contribution in [0.15, 0.2) is 42.6 Å². The van der Waals surface area contributed by atoms with Gasteiger partial charge in [0.25, 0.3) is 0 Å². The number of fused-ring (bicyclic) bond motifs is 3. The molecule has 0 unspecified atom stereocenters. The maximum atomic E-state index is 16.6. The SMILES string of the molecule is CN(CC1(N(C)C)CCC1)c1nc(OC[C@@]23CCCN2C[C@H](F)C3)nc2c(F)c(-c3cccc4cc(O)ccc34)ncc12. The van der Waals surface area contributed by atoms with Crippen molar-refractivity contribution in [3.05, 3.63) is 48.4 Å². The summed E-state index contributed by atoms with van der Waals surface area (Å²) in [5.41, 5.74) is 0.547. The molecule has 4 aromatic rings. The average molecular weight is 589 g/mol. The molecule has 0 radical (unpaired) electrons. The smallest absolute Gasteiger partial charge is 0.319 e. The van der Waals surface area contributed by atoms with Gasteiger partial charge in [0.15, 0.2) is 5.82 Å². The maximum absolute atomic E-state index is 16.6. The number of halogens is 2. The van der Waals surface area contributed by atoms with Crippen molar-refractivity contribution < 1.29 is 18.6 Å². The molecule has 1 aliphatic carbocycles. The predicted octanol–water partition coefficient (Wildman–Crippen LogP) is 5.57. The molecule has 10 heteroatoms. The van der Waals surface area contributed by atoms with Crippen LogP contribution in [0.2, 0.25) is 0 Å². The highest BCUT2D eigenvalue weighted by molar-refractivity contribution is 5.99. The summed E-state index contributed by atoms with van der Waals surface area (Å²) in [6.07, 6.45) is 6.38. The molecule has 3 fully saturated rings. The molecule has 2 aromatic carbocycles. The van der Waals surface area contributed by atoms with Gasteiger partial charge in [-0.1, -0.05) is 24.3 Å². The van der Waals surface area contributed by atoms with E-state index in [-0.39, 0.29) is 40.7 Å². The van der Waals surface area contributed by atoms with Crippen molar-refractivity contribution in [1.82, 2.24) is 24.8 Å². The van der Waals surface area contributed by atoms with Crippen LogP contribution in [-0.2, 0) is 0 Å². The second kappa shape index (κ2) is 10.5. The van der Waals surface area contributed by atoms with Crippen LogP contribution in [0.4, 0.5) is 14.6 Å². The highest BCUT2D eigenvalue weighted by Gasteiger charge is 2.49. The van der Waals surface area contributed by atoms with Crippen LogP contribution < -0.4 is 9.64 Å². The summed E-state index contributed by atoms with van der Waals surface area (Å²) in [7, 11) is 6.17. The van der Waals surface area contributed by atoms with Gasteiger partial charge in [0, 0.05) is 43.9 Å². The monoisotopic (exact) mass is 588 g/mol. The zero-order valence-electron chi connectivity index (χ0n) is 25.0. The number of phenols is 1. The quantitative estimate of drug-likeness (QED) is 0.287. The molecule has 2 aliphatic heterocycles. The van der Waals surface area contributed by atoms with E-state index in [4.69, 9.17) is 9.72 Å². The fraction of sp³-hybridized carbons (Fsp3) is 0.485. The number of likely N-dealkylation sites (N-methyl/N-ethyl adjacent to an activating group) is 2. The number of phenolic OH excluding ortho intramolecular Hbond substituents is 1. The molecule has 2 aromatic heterocycles. The van der Waals surface area contributed by atoms with E-state index in [0.717, 1.165) is 43.0 Å². The second-order valence-electron chi connectivity index (χ2n) is 12.9. The number of hydrogen-bond donors (Lipinski definition) is 1. The second-order valence-corrected chi connectivity index (χ2v) is 12.9. The van der Waals surface area contributed by atoms with Crippen LogP contribution in [0, 0.1) is 5.82 Å². The Hall–Kier alpha value is -3.63. The van der Waals surface area contributed by atoms with Crippen molar-refractivity contribution >= 4 is 27.5 Å². The molecule has 4 heterocycles. The van der Waals surface area contributed by atoms with Crippen molar-refractivity contribution in [2.24, 2.45) is 0 Å². The number of ether oxygens (including phenoxy) is 1. The van der Waals surface area contributed by atoms with Gasteiger partial charge < -0.3 is 19.6 Å². The number of alkyl halides is 1. The third-order valence-electron chi connectivity index (χ3n) is 10.1. The van der Waals surface area contributed by atoms with Gasteiger partial charge in [-0.2, -0.15) is 9.97 Å². The minimum atomic E-state index is -0.874. The summed E-state index contributed by atoms with van der Waals surface area (Å²) in [5, 5.41) is 12.0. The van der Waals surface area contributed by atoms with Crippen LogP contribution in [0.1, 0.15) is 38.5 Å². The molecule has 1 N–H and O–H groups in total. The summed E-state index contributed by atoms with van der Waals surface area (Å²) >= 11 is 0. The Bertz CT molecular complexity index is 1700. The van der Waals surface area contributed by atoms with E-state index < -0.39 is 12.0 Å². The first kappa shape index (κ1) is 28.2. The Morgan fingerprint density at radius 3 is 2.67 bits per heavy atom. The topological polar surface area (TPSA) is 77.9 Å². The van der Waals surface area contributed by atoms with Gasteiger partial charge in [-0.05, 0) is 75.6 Å². The largest absolute Gasteiger partial charge is 0.508 e. The highest BCUT2D eigenvalue weighted by atomic mass is 19.1. The fourth-order valence-electron chi connectivity index (χ4n) is 7.54. The van der Waals surface area contributed by atoms with Crippen molar-refractivity contribution in [2.75, 3.05) is 52.3 Å². The standard InChI is InChI=1S/C33H38F2N6O2/c1-39(2)32(11-5-12-32)19-40(3)30-26-17-36-28(25-8-4-7-21-15-23(42)9-10-24(21)25)27(35)29(26)37-31(38-30)43-20-33-13-6-14-41(33)18-22(34)16-33/h4,7-10,15,17,22,42H,5-6,11-14,16,18-20H2,1-3H3/t22-,33+/m1/s1. The molecule has 0 amide bonds. The molecule has 43 heavy (non-hydrogen) atoms. The first-order valence-corrected chi connectivity index (χ1v) is 15.2. The lowest BCUT2D eigenvalue weighted by Crippen LogP contribution is -2.56. The fourth-order valence-corrected chi connectivity index (χ4v) is 7.54. The predicted molar refractivity (Wildman–Crippen MR) is 164 cm³/mol. The van der Waals surface area contributed by atoms with Crippen LogP contribution in [0.3, 0.4) is 0 Å². The lowest BCUT2D eigenvalue weighted by atomic mass is 9.75. The average Bonchev–Trinajstić information content (AvgIpc) is 3.48. The van der Waals surface area contributed by atoms with E-state index in [9.17, 15) is 9.50 Å². The lowest BCUT2D eigenvalue weighted by Gasteiger charge is -2.49. The number of pyridine rings is 1. The van der Waals surface area contributed by atoms with Gasteiger partial charge >= 0.3 is 6.01 Å². The number of rotatable bonds is 8. The molecule has 3 aliphatic rings. The molecule has 226 valence electrons. The van der Waals surface area contributed by atoms with Gasteiger partial charge in [-0.15, -0.1) is 0 Å². The summed E-state index contributed by atoms with van der Waals surface area (Å²) in [6.45, 7) is 2.25. The van der Waals surface area contributed by atoms with Crippen molar-refractivity contribution in [2.45, 2.75) is 55.8 Å². The molecule has 7 rings (SSSR count). The lowest BCUT2D eigenvalue weighted by molar-refractivity contribution is 0.0681. The van der Waals surface area contributed by atoms with Crippen LogP contribution >= 0.6 is 0 Å². The minimum absolute atomic E-state index is 0.0107. The Morgan fingerprint density at radius 2 is 1.91 bits per heavy atom.